The second kappa shape index (κ2) is 11.2. The third kappa shape index (κ3) is 5.83. The number of ether oxygens (including phenoxy) is 1. The predicted octanol–water partition coefficient (Wildman–Crippen LogP) is 4.67. The number of fused-ring (bicyclic) bond motifs is 1. The molecule has 1 aliphatic rings. The SMILES string of the molecule is CNC[C@@H](O)COc1ccc(Cl)c(-c2nc(-c3c(C)noc3C)c(C)c(N3Cc4cnc(C(F)(F)F)nc4C3)n2)c1. The van der Waals surface area contributed by atoms with Crippen LogP contribution in [-0.2, 0) is 19.3 Å². The summed E-state index contributed by atoms with van der Waals surface area (Å²) in [7, 11) is 1.73. The average molecular weight is 590 g/mol. The van der Waals surface area contributed by atoms with Crippen molar-refractivity contribution in [2.45, 2.75) is 46.1 Å². The van der Waals surface area contributed by atoms with Gasteiger partial charge < -0.3 is 24.6 Å². The smallest absolute Gasteiger partial charge is 0.451 e. The molecule has 10 nitrogen and oxygen atoms in total. The molecule has 4 aromatic rings. The van der Waals surface area contributed by atoms with E-state index in [4.69, 9.17) is 30.8 Å². The van der Waals surface area contributed by atoms with Crippen molar-refractivity contribution in [2.75, 3.05) is 25.1 Å². The second-order valence-electron chi connectivity index (χ2n) is 9.73. The zero-order valence-electron chi connectivity index (χ0n) is 22.7. The number of likely N-dealkylation sites (N-methyl/N-ethyl adjacent to an activating group) is 1. The highest BCUT2D eigenvalue weighted by Gasteiger charge is 2.37. The van der Waals surface area contributed by atoms with Crippen LogP contribution < -0.4 is 15.0 Å². The number of halogens is 4. The van der Waals surface area contributed by atoms with Crippen LogP contribution in [0.1, 0.15) is 34.1 Å². The van der Waals surface area contributed by atoms with Crippen LogP contribution in [0, 0.1) is 20.8 Å². The number of aryl methyl sites for hydroxylation is 2. The van der Waals surface area contributed by atoms with E-state index in [-0.39, 0.29) is 31.2 Å². The Hall–Kier alpha value is -3.81. The average Bonchev–Trinajstić information content (AvgIpc) is 3.50. The van der Waals surface area contributed by atoms with Crippen molar-refractivity contribution < 1.29 is 27.5 Å². The topological polar surface area (TPSA) is 122 Å². The molecule has 0 spiro atoms. The van der Waals surface area contributed by atoms with Gasteiger partial charge in [0.15, 0.2) is 5.82 Å². The zero-order valence-corrected chi connectivity index (χ0v) is 23.4. The standard InChI is InChI=1S/C27H27ClF3N7O3/c1-13-23(22-14(2)37-41-15(22)3)35-24(19-7-18(5-6-20(19)28)40-12-17(39)9-32-4)36-25(13)38-10-16-8-33-26(27(29,30)31)34-21(16)11-38/h5-8,17,32,39H,9-12H2,1-4H3/t17-/m1/s1. The zero-order chi connectivity index (χ0) is 29.5. The van der Waals surface area contributed by atoms with Crippen LogP contribution in [0.5, 0.6) is 5.75 Å². The summed E-state index contributed by atoms with van der Waals surface area (Å²) in [6, 6.07) is 5.01. The van der Waals surface area contributed by atoms with E-state index in [1.54, 1.807) is 39.1 Å². The summed E-state index contributed by atoms with van der Waals surface area (Å²) < 4.78 is 51.0. The number of aliphatic hydroxyl groups excluding tert-OH is 1. The lowest BCUT2D eigenvalue weighted by Crippen LogP contribution is -2.29. The van der Waals surface area contributed by atoms with Crippen molar-refractivity contribution >= 4 is 17.4 Å². The van der Waals surface area contributed by atoms with Crippen molar-refractivity contribution in [3.63, 3.8) is 0 Å². The molecule has 5 rings (SSSR count). The number of nitrogens with one attached hydrogen (secondary N) is 1. The fourth-order valence-corrected chi connectivity index (χ4v) is 4.89. The minimum Gasteiger partial charge on any atom is -0.491 e. The maximum Gasteiger partial charge on any atom is 0.451 e. The van der Waals surface area contributed by atoms with Gasteiger partial charge >= 0.3 is 6.18 Å². The Kier molecular flexibility index (Phi) is 7.86. The number of hydrogen-bond acceptors (Lipinski definition) is 10. The Balaban J connectivity index is 1.59. The van der Waals surface area contributed by atoms with E-state index in [1.165, 1.54) is 6.20 Å². The first kappa shape index (κ1) is 28.7. The first-order valence-electron chi connectivity index (χ1n) is 12.7. The fourth-order valence-electron chi connectivity index (χ4n) is 4.69. The van der Waals surface area contributed by atoms with Crippen LogP contribution in [0.4, 0.5) is 19.0 Å². The van der Waals surface area contributed by atoms with Gasteiger partial charge in [-0.15, -0.1) is 0 Å². The molecule has 0 saturated heterocycles. The number of hydrogen-bond donors (Lipinski definition) is 2. The van der Waals surface area contributed by atoms with Crippen LogP contribution in [-0.4, -0.2) is 56.5 Å². The summed E-state index contributed by atoms with van der Waals surface area (Å²) in [5.41, 5.74) is 3.85. The number of aliphatic hydroxyl groups is 1. The largest absolute Gasteiger partial charge is 0.491 e. The lowest BCUT2D eigenvalue weighted by Gasteiger charge is -2.22. The van der Waals surface area contributed by atoms with Crippen molar-refractivity contribution in [3.05, 3.63) is 63.5 Å². The van der Waals surface area contributed by atoms with Gasteiger partial charge in [0.1, 0.15) is 30.0 Å². The Morgan fingerprint density at radius 3 is 2.63 bits per heavy atom. The summed E-state index contributed by atoms with van der Waals surface area (Å²) in [6.45, 7) is 6.17. The number of alkyl halides is 3. The highest BCUT2D eigenvalue weighted by Crippen LogP contribution is 2.39. The molecular weight excluding hydrogens is 563 g/mol. The van der Waals surface area contributed by atoms with Crippen molar-refractivity contribution in [1.82, 2.24) is 30.4 Å². The summed E-state index contributed by atoms with van der Waals surface area (Å²) in [5, 5.41) is 17.3. The molecule has 3 aromatic heterocycles. The third-order valence-corrected chi connectivity index (χ3v) is 6.99. The monoisotopic (exact) mass is 589 g/mol. The van der Waals surface area contributed by atoms with Crippen LogP contribution in [0.15, 0.2) is 28.9 Å². The van der Waals surface area contributed by atoms with Crippen molar-refractivity contribution in [1.29, 1.82) is 0 Å². The molecule has 0 amide bonds. The molecule has 216 valence electrons. The first-order valence-corrected chi connectivity index (χ1v) is 13.1. The summed E-state index contributed by atoms with van der Waals surface area (Å²) in [4.78, 5) is 18.8. The molecule has 0 fully saturated rings. The minimum atomic E-state index is -4.65. The Morgan fingerprint density at radius 2 is 1.95 bits per heavy atom. The number of anilines is 1. The van der Waals surface area contributed by atoms with E-state index < -0.39 is 18.1 Å². The molecule has 14 heteroatoms. The molecule has 41 heavy (non-hydrogen) atoms. The quantitative estimate of drug-likeness (QED) is 0.300. The molecule has 0 aliphatic carbocycles. The molecule has 0 radical (unpaired) electrons. The van der Waals surface area contributed by atoms with Gasteiger partial charge in [0, 0.05) is 36.0 Å². The maximum absolute atomic E-state index is 13.3. The van der Waals surface area contributed by atoms with Crippen molar-refractivity contribution in [3.8, 4) is 28.4 Å². The number of aromatic nitrogens is 5. The molecule has 0 unspecified atom stereocenters. The van der Waals surface area contributed by atoms with Crippen molar-refractivity contribution in [2.24, 2.45) is 0 Å². The highest BCUT2D eigenvalue weighted by molar-refractivity contribution is 6.33. The molecule has 1 atom stereocenters. The Bertz CT molecular complexity index is 1580. The van der Waals surface area contributed by atoms with Gasteiger partial charge in [-0.2, -0.15) is 13.2 Å². The summed E-state index contributed by atoms with van der Waals surface area (Å²) >= 11 is 6.60. The molecule has 0 bridgehead atoms. The minimum absolute atomic E-state index is 0.0548. The second-order valence-corrected chi connectivity index (χ2v) is 10.1. The number of benzene rings is 1. The van der Waals surface area contributed by atoms with Gasteiger partial charge in [-0.1, -0.05) is 16.8 Å². The molecular formula is C27H27ClF3N7O3. The Labute approximate surface area is 238 Å². The molecule has 0 saturated carbocycles. The highest BCUT2D eigenvalue weighted by atomic mass is 35.5. The fraction of sp³-hybridized carbons (Fsp3) is 0.370. The molecule has 2 N–H and O–H groups in total. The molecule has 1 aromatic carbocycles. The van der Waals surface area contributed by atoms with Crippen LogP contribution >= 0.6 is 11.6 Å². The van der Waals surface area contributed by atoms with Crippen LogP contribution in [0.25, 0.3) is 22.6 Å². The van der Waals surface area contributed by atoms with E-state index in [0.29, 0.717) is 62.5 Å². The maximum atomic E-state index is 13.3. The lowest BCUT2D eigenvalue weighted by molar-refractivity contribution is -0.145. The van der Waals surface area contributed by atoms with E-state index in [1.807, 2.05) is 11.8 Å². The lowest BCUT2D eigenvalue weighted by atomic mass is 10.0. The normalized spacial score (nSPS) is 13.9. The van der Waals surface area contributed by atoms with E-state index in [0.717, 1.165) is 0 Å². The first-order chi connectivity index (χ1) is 19.5. The summed E-state index contributed by atoms with van der Waals surface area (Å²) in [6.07, 6.45) is -4.16. The van der Waals surface area contributed by atoms with Gasteiger partial charge in [-0.3, -0.25) is 0 Å². The third-order valence-electron chi connectivity index (χ3n) is 6.66. The number of rotatable bonds is 8. The number of nitrogens with zero attached hydrogens (tertiary/aromatic N) is 6. The summed E-state index contributed by atoms with van der Waals surface area (Å²) in [5.74, 6) is 0.576. The predicted molar refractivity (Wildman–Crippen MR) is 145 cm³/mol. The van der Waals surface area contributed by atoms with E-state index in [2.05, 4.69) is 20.4 Å². The molecule has 1 aliphatic heterocycles. The van der Waals surface area contributed by atoms with Gasteiger partial charge in [0.2, 0.25) is 5.82 Å². The van der Waals surface area contributed by atoms with Gasteiger partial charge in [-0.25, -0.2) is 19.9 Å². The Morgan fingerprint density at radius 1 is 1.17 bits per heavy atom. The van der Waals surface area contributed by atoms with E-state index >= 15 is 0 Å². The van der Waals surface area contributed by atoms with Crippen LogP contribution in [0.3, 0.4) is 0 Å². The van der Waals surface area contributed by atoms with E-state index in [9.17, 15) is 18.3 Å². The van der Waals surface area contributed by atoms with Gasteiger partial charge in [0.05, 0.1) is 34.2 Å². The van der Waals surface area contributed by atoms with Crippen LogP contribution in [0.2, 0.25) is 5.02 Å². The molecule has 4 heterocycles. The van der Waals surface area contributed by atoms with Gasteiger partial charge in [-0.05, 0) is 46.0 Å². The van der Waals surface area contributed by atoms with Gasteiger partial charge in [0.25, 0.3) is 0 Å².